The number of piperidine rings is 1. The average molecular weight is 338 g/mol. The standard InChI is InChI=1S/C11H16N2.C11H15N/c1-2-4-11(5-3-1)10-13-8-6-12-7-9-13;1-2-5-10(6-3-1)11-7-4-8-12-9-11/h1-5,12H,6-10H2;1-3,5-6,11-12H,4,7-9H2. The van der Waals surface area contributed by atoms with Crippen LogP contribution >= 0.6 is 0 Å². The molecule has 0 saturated carbocycles. The summed E-state index contributed by atoms with van der Waals surface area (Å²) in [7, 11) is 0. The molecule has 3 heteroatoms. The van der Waals surface area contributed by atoms with E-state index in [1.807, 2.05) is 0 Å². The van der Waals surface area contributed by atoms with Gasteiger partial charge in [0.1, 0.15) is 0 Å². The third kappa shape index (κ3) is 6.28. The largest absolute Gasteiger partial charge is 0.316 e. The lowest BCUT2D eigenvalue weighted by molar-refractivity contribution is 0.233. The summed E-state index contributed by atoms with van der Waals surface area (Å²) < 4.78 is 0. The molecule has 0 radical (unpaired) electrons. The van der Waals surface area contributed by atoms with Crippen molar-refractivity contribution >= 4 is 0 Å². The fourth-order valence-electron chi connectivity index (χ4n) is 3.57. The first-order chi connectivity index (χ1) is 12.4. The smallest absolute Gasteiger partial charge is 0.0234 e. The molecule has 2 fully saturated rings. The highest BCUT2D eigenvalue weighted by molar-refractivity contribution is 5.20. The molecule has 2 aliphatic heterocycles. The third-order valence-electron chi connectivity index (χ3n) is 5.03. The summed E-state index contributed by atoms with van der Waals surface area (Å²) >= 11 is 0. The molecule has 0 spiro atoms. The van der Waals surface area contributed by atoms with Crippen LogP contribution in [-0.2, 0) is 6.54 Å². The maximum Gasteiger partial charge on any atom is 0.0234 e. The highest BCUT2D eigenvalue weighted by Crippen LogP contribution is 2.22. The molecule has 2 heterocycles. The van der Waals surface area contributed by atoms with Gasteiger partial charge in [-0.15, -0.1) is 0 Å². The van der Waals surface area contributed by atoms with Gasteiger partial charge >= 0.3 is 0 Å². The fraction of sp³-hybridized carbons (Fsp3) is 0.455. The Labute approximate surface area is 152 Å². The van der Waals surface area contributed by atoms with Gasteiger partial charge in [0.15, 0.2) is 0 Å². The highest BCUT2D eigenvalue weighted by Gasteiger charge is 2.13. The number of hydrogen-bond acceptors (Lipinski definition) is 3. The van der Waals surface area contributed by atoms with Gasteiger partial charge in [-0.3, -0.25) is 4.90 Å². The molecule has 25 heavy (non-hydrogen) atoms. The van der Waals surface area contributed by atoms with Gasteiger partial charge in [-0.05, 0) is 36.4 Å². The second-order valence-electron chi connectivity index (χ2n) is 6.97. The van der Waals surface area contributed by atoms with Crippen LogP contribution in [0.25, 0.3) is 0 Å². The van der Waals surface area contributed by atoms with Crippen molar-refractivity contribution in [3.05, 3.63) is 71.8 Å². The van der Waals surface area contributed by atoms with E-state index in [0.29, 0.717) is 0 Å². The van der Waals surface area contributed by atoms with E-state index in [4.69, 9.17) is 0 Å². The Bertz CT molecular complexity index is 573. The second kappa shape index (κ2) is 10.3. The summed E-state index contributed by atoms with van der Waals surface area (Å²) in [5.74, 6) is 0.750. The van der Waals surface area contributed by atoms with Crippen molar-refractivity contribution in [3.8, 4) is 0 Å². The number of piperazine rings is 1. The van der Waals surface area contributed by atoms with E-state index in [-0.39, 0.29) is 0 Å². The van der Waals surface area contributed by atoms with Gasteiger partial charge in [-0.2, -0.15) is 0 Å². The minimum atomic E-state index is 0.750. The summed E-state index contributed by atoms with van der Waals surface area (Å²) in [4.78, 5) is 2.49. The van der Waals surface area contributed by atoms with Crippen LogP contribution in [0.5, 0.6) is 0 Å². The third-order valence-corrected chi connectivity index (χ3v) is 5.03. The van der Waals surface area contributed by atoms with Crippen LogP contribution in [0.4, 0.5) is 0 Å². The Kier molecular flexibility index (Phi) is 7.50. The molecule has 2 saturated heterocycles. The van der Waals surface area contributed by atoms with Gasteiger partial charge in [0.2, 0.25) is 0 Å². The summed E-state index contributed by atoms with van der Waals surface area (Å²) in [5, 5.41) is 6.79. The van der Waals surface area contributed by atoms with Crippen molar-refractivity contribution in [3.63, 3.8) is 0 Å². The van der Waals surface area contributed by atoms with E-state index in [1.54, 1.807) is 0 Å². The topological polar surface area (TPSA) is 27.3 Å². The molecule has 0 amide bonds. The zero-order chi connectivity index (χ0) is 17.2. The number of benzene rings is 2. The van der Waals surface area contributed by atoms with E-state index in [1.165, 1.54) is 43.6 Å². The summed E-state index contributed by atoms with van der Waals surface area (Å²) in [6, 6.07) is 21.5. The average Bonchev–Trinajstić information content (AvgIpc) is 2.71. The second-order valence-corrected chi connectivity index (χ2v) is 6.97. The van der Waals surface area contributed by atoms with Crippen molar-refractivity contribution in [2.75, 3.05) is 39.3 Å². The van der Waals surface area contributed by atoms with E-state index in [9.17, 15) is 0 Å². The van der Waals surface area contributed by atoms with Crippen LogP contribution in [0.2, 0.25) is 0 Å². The van der Waals surface area contributed by atoms with Crippen LogP contribution in [0, 0.1) is 0 Å². The molecule has 3 nitrogen and oxygen atoms in total. The van der Waals surface area contributed by atoms with Gasteiger partial charge in [0.05, 0.1) is 0 Å². The van der Waals surface area contributed by atoms with Crippen molar-refractivity contribution in [1.82, 2.24) is 15.5 Å². The lowest BCUT2D eigenvalue weighted by Gasteiger charge is -2.27. The van der Waals surface area contributed by atoms with Crippen molar-refractivity contribution in [2.24, 2.45) is 0 Å². The van der Waals surface area contributed by atoms with Gasteiger partial charge in [-0.25, -0.2) is 0 Å². The molecule has 4 rings (SSSR count). The summed E-state index contributed by atoms with van der Waals surface area (Å²) in [5.41, 5.74) is 2.91. The van der Waals surface area contributed by atoms with Crippen LogP contribution in [0.3, 0.4) is 0 Å². The first kappa shape index (κ1) is 18.1. The van der Waals surface area contributed by atoms with Gasteiger partial charge < -0.3 is 10.6 Å². The van der Waals surface area contributed by atoms with E-state index < -0.39 is 0 Å². The minimum Gasteiger partial charge on any atom is -0.316 e. The molecule has 1 atom stereocenters. The Hall–Kier alpha value is -1.68. The van der Waals surface area contributed by atoms with Gasteiger partial charge in [0.25, 0.3) is 0 Å². The molecule has 0 bridgehead atoms. The summed E-state index contributed by atoms with van der Waals surface area (Å²) in [6.07, 6.45) is 2.66. The molecule has 2 aromatic carbocycles. The quantitative estimate of drug-likeness (QED) is 0.900. The molecular formula is C22H31N3. The molecule has 0 aliphatic carbocycles. The zero-order valence-corrected chi connectivity index (χ0v) is 15.2. The Balaban J connectivity index is 0.000000146. The molecule has 2 aromatic rings. The first-order valence-corrected chi connectivity index (χ1v) is 9.64. The van der Waals surface area contributed by atoms with Crippen molar-refractivity contribution in [1.29, 1.82) is 0 Å². The first-order valence-electron chi connectivity index (χ1n) is 9.64. The predicted molar refractivity (Wildman–Crippen MR) is 106 cm³/mol. The molecule has 134 valence electrons. The molecule has 1 unspecified atom stereocenters. The van der Waals surface area contributed by atoms with Gasteiger partial charge in [-0.1, -0.05) is 60.7 Å². The maximum absolute atomic E-state index is 3.43. The fourth-order valence-corrected chi connectivity index (χ4v) is 3.57. The normalized spacial score (nSPS) is 21.2. The number of nitrogens with zero attached hydrogens (tertiary/aromatic N) is 1. The monoisotopic (exact) mass is 337 g/mol. The maximum atomic E-state index is 3.43. The van der Waals surface area contributed by atoms with Crippen LogP contribution in [0.15, 0.2) is 60.7 Å². The van der Waals surface area contributed by atoms with E-state index in [2.05, 4.69) is 76.2 Å². The molecule has 0 aromatic heterocycles. The van der Waals surface area contributed by atoms with Crippen molar-refractivity contribution in [2.45, 2.75) is 25.3 Å². The SMILES string of the molecule is c1ccc(C2CCCNC2)cc1.c1ccc(CN2CCNCC2)cc1. The van der Waals surface area contributed by atoms with Gasteiger partial charge in [0, 0.05) is 39.3 Å². The van der Waals surface area contributed by atoms with Crippen molar-refractivity contribution < 1.29 is 0 Å². The molecule has 2 aliphatic rings. The Morgan fingerprint density at radius 2 is 1.48 bits per heavy atom. The lowest BCUT2D eigenvalue weighted by atomic mass is 9.92. The van der Waals surface area contributed by atoms with E-state index >= 15 is 0 Å². The van der Waals surface area contributed by atoms with E-state index in [0.717, 1.165) is 32.1 Å². The zero-order valence-electron chi connectivity index (χ0n) is 15.2. The number of nitrogens with one attached hydrogen (secondary N) is 2. The lowest BCUT2D eigenvalue weighted by Crippen LogP contribution is -2.42. The predicted octanol–water partition coefficient (Wildman–Crippen LogP) is 3.25. The summed E-state index contributed by atoms with van der Waals surface area (Å²) in [6.45, 7) is 8.07. The van der Waals surface area contributed by atoms with Crippen LogP contribution in [0.1, 0.15) is 29.9 Å². The Morgan fingerprint density at radius 1 is 0.800 bits per heavy atom. The number of rotatable bonds is 3. The van der Waals surface area contributed by atoms with Crippen LogP contribution in [-0.4, -0.2) is 44.2 Å². The minimum absolute atomic E-state index is 0.750. The van der Waals surface area contributed by atoms with Crippen LogP contribution < -0.4 is 10.6 Å². The Morgan fingerprint density at radius 3 is 2.12 bits per heavy atom. The molecular weight excluding hydrogens is 306 g/mol. The highest BCUT2D eigenvalue weighted by atomic mass is 15.2. The molecule has 2 N–H and O–H groups in total. The number of hydrogen-bond donors (Lipinski definition) is 2.